The van der Waals surface area contributed by atoms with Crippen LogP contribution in [0.5, 0.6) is 0 Å². The lowest BCUT2D eigenvalue weighted by Gasteiger charge is -2.25. The van der Waals surface area contributed by atoms with E-state index in [1.165, 1.54) is 17.7 Å². The number of rotatable bonds is 6. The monoisotopic (exact) mass is 340 g/mol. The van der Waals surface area contributed by atoms with Gasteiger partial charge in [0.05, 0.1) is 11.0 Å². The zero-order valence-corrected chi connectivity index (χ0v) is 15.1. The average Bonchev–Trinajstić information content (AvgIpc) is 2.60. The minimum absolute atomic E-state index is 0.0308. The first-order valence-electron chi connectivity index (χ1n) is 8.40. The number of amides is 1. The molecule has 0 aliphatic rings. The van der Waals surface area contributed by atoms with Crippen LogP contribution in [0.3, 0.4) is 0 Å². The molecule has 0 unspecified atom stereocenters. The van der Waals surface area contributed by atoms with Crippen LogP contribution < -0.4 is 0 Å². The molecular formula is C20H24N2O3. The Balaban J connectivity index is 2.15. The Morgan fingerprint density at radius 2 is 1.76 bits per heavy atom. The summed E-state index contributed by atoms with van der Waals surface area (Å²) < 4.78 is 0. The molecule has 0 aliphatic heterocycles. The second-order valence-corrected chi connectivity index (χ2v) is 6.74. The van der Waals surface area contributed by atoms with Crippen molar-refractivity contribution < 1.29 is 9.72 Å². The summed E-state index contributed by atoms with van der Waals surface area (Å²) in [5.74, 6) is 0.466. The second-order valence-electron chi connectivity index (χ2n) is 6.74. The highest BCUT2D eigenvalue weighted by molar-refractivity contribution is 5.94. The summed E-state index contributed by atoms with van der Waals surface area (Å²) in [7, 11) is 1.72. The summed E-state index contributed by atoms with van der Waals surface area (Å²) >= 11 is 0. The fourth-order valence-corrected chi connectivity index (χ4v) is 2.76. The number of benzene rings is 2. The van der Waals surface area contributed by atoms with Gasteiger partial charge in [0.2, 0.25) is 0 Å². The van der Waals surface area contributed by atoms with E-state index < -0.39 is 4.92 Å². The highest BCUT2D eigenvalue weighted by atomic mass is 16.6. The van der Waals surface area contributed by atoms with Crippen molar-refractivity contribution in [1.29, 1.82) is 0 Å². The van der Waals surface area contributed by atoms with Crippen LogP contribution in [-0.4, -0.2) is 22.8 Å². The molecule has 5 heteroatoms. The molecule has 0 bridgehead atoms. The SMILES string of the molecule is CC(C)Cc1ccc(C(=O)N(C)[C@H](C)c2cccc([N+](=O)[O-])c2)cc1. The Morgan fingerprint density at radius 1 is 1.12 bits per heavy atom. The molecule has 0 radical (unpaired) electrons. The Bertz CT molecular complexity index is 754. The first kappa shape index (κ1) is 18.6. The molecule has 1 amide bonds. The van der Waals surface area contributed by atoms with Gasteiger partial charge in [0.15, 0.2) is 0 Å². The molecule has 0 N–H and O–H groups in total. The van der Waals surface area contributed by atoms with Crippen molar-refractivity contribution in [2.75, 3.05) is 7.05 Å². The molecule has 132 valence electrons. The van der Waals surface area contributed by atoms with Crippen molar-refractivity contribution in [2.24, 2.45) is 5.92 Å². The Morgan fingerprint density at radius 3 is 2.32 bits per heavy atom. The van der Waals surface area contributed by atoms with E-state index in [-0.39, 0.29) is 17.6 Å². The predicted molar refractivity (Wildman–Crippen MR) is 98.6 cm³/mol. The highest BCUT2D eigenvalue weighted by Crippen LogP contribution is 2.24. The number of nitro groups is 1. The Labute approximate surface area is 148 Å². The van der Waals surface area contributed by atoms with Crippen LogP contribution >= 0.6 is 0 Å². The molecule has 1 atom stereocenters. The zero-order chi connectivity index (χ0) is 18.6. The quantitative estimate of drug-likeness (QED) is 0.569. The van der Waals surface area contributed by atoms with Crippen molar-refractivity contribution in [3.05, 3.63) is 75.3 Å². The van der Waals surface area contributed by atoms with E-state index >= 15 is 0 Å². The van der Waals surface area contributed by atoms with Crippen LogP contribution in [0, 0.1) is 16.0 Å². The van der Waals surface area contributed by atoms with Gasteiger partial charge in [0, 0.05) is 24.7 Å². The first-order chi connectivity index (χ1) is 11.8. The molecule has 0 saturated heterocycles. The minimum Gasteiger partial charge on any atom is -0.335 e. The highest BCUT2D eigenvalue weighted by Gasteiger charge is 2.20. The molecule has 0 heterocycles. The maximum Gasteiger partial charge on any atom is 0.269 e. The number of nitro benzene ring substituents is 1. The number of nitrogens with zero attached hydrogens (tertiary/aromatic N) is 2. The topological polar surface area (TPSA) is 63.5 Å². The largest absolute Gasteiger partial charge is 0.335 e. The summed E-state index contributed by atoms with van der Waals surface area (Å²) in [4.78, 5) is 24.8. The van der Waals surface area contributed by atoms with E-state index in [4.69, 9.17) is 0 Å². The molecule has 0 aliphatic carbocycles. The average molecular weight is 340 g/mol. The molecule has 2 rings (SSSR count). The third kappa shape index (κ3) is 4.66. The van der Waals surface area contributed by atoms with Crippen LogP contribution in [0.25, 0.3) is 0 Å². The molecular weight excluding hydrogens is 316 g/mol. The van der Waals surface area contributed by atoms with Gasteiger partial charge in [-0.15, -0.1) is 0 Å². The van der Waals surface area contributed by atoms with Gasteiger partial charge in [0.1, 0.15) is 0 Å². The number of carbonyl (C=O) groups is 1. The summed E-state index contributed by atoms with van der Waals surface area (Å²) in [5, 5.41) is 10.9. The summed E-state index contributed by atoms with van der Waals surface area (Å²) in [6, 6.07) is 13.8. The fraction of sp³-hybridized carbons (Fsp3) is 0.350. The van der Waals surface area contributed by atoms with Gasteiger partial charge in [-0.2, -0.15) is 0 Å². The zero-order valence-electron chi connectivity index (χ0n) is 15.1. The molecule has 0 aromatic heterocycles. The predicted octanol–water partition coefficient (Wildman–Crippen LogP) is 4.63. The van der Waals surface area contributed by atoms with E-state index in [9.17, 15) is 14.9 Å². The van der Waals surface area contributed by atoms with Crippen molar-refractivity contribution in [1.82, 2.24) is 4.90 Å². The van der Waals surface area contributed by atoms with Crippen molar-refractivity contribution in [3.8, 4) is 0 Å². The number of non-ortho nitro benzene ring substituents is 1. The number of hydrogen-bond donors (Lipinski definition) is 0. The third-order valence-corrected chi connectivity index (χ3v) is 4.31. The van der Waals surface area contributed by atoms with Gasteiger partial charge in [-0.1, -0.05) is 38.1 Å². The van der Waals surface area contributed by atoms with Gasteiger partial charge in [-0.25, -0.2) is 0 Å². The van der Waals surface area contributed by atoms with Gasteiger partial charge in [-0.05, 0) is 42.5 Å². The van der Waals surface area contributed by atoms with Gasteiger partial charge in [0.25, 0.3) is 11.6 Å². The molecule has 25 heavy (non-hydrogen) atoms. The van der Waals surface area contributed by atoms with E-state index in [1.54, 1.807) is 24.1 Å². The number of hydrogen-bond acceptors (Lipinski definition) is 3. The molecule has 5 nitrogen and oxygen atoms in total. The van der Waals surface area contributed by atoms with Crippen LogP contribution in [-0.2, 0) is 6.42 Å². The maximum atomic E-state index is 12.7. The summed E-state index contributed by atoms with van der Waals surface area (Å²) in [6.45, 7) is 6.19. The van der Waals surface area contributed by atoms with E-state index in [2.05, 4.69) is 13.8 Å². The summed E-state index contributed by atoms with van der Waals surface area (Å²) in [6.07, 6.45) is 0.981. The molecule has 2 aromatic rings. The smallest absolute Gasteiger partial charge is 0.269 e. The summed E-state index contributed by atoms with van der Waals surface area (Å²) in [5.41, 5.74) is 2.60. The minimum atomic E-state index is -0.425. The van der Waals surface area contributed by atoms with Crippen molar-refractivity contribution >= 4 is 11.6 Å². The van der Waals surface area contributed by atoms with E-state index in [0.717, 1.165) is 12.0 Å². The molecule has 0 fully saturated rings. The van der Waals surface area contributed by atoms with Crippen molar-refractivity contribution in [3.63, 3.8) is 0 Å². The van der Waals surface area contributed by atoms with Crippen LogP contribution in [0.15, 0.2) is 48.5 Å². The van der Waals surface area contributed by atoms with E-state index in [1.807, 2.05) is 31.2 Å². The van der Waals surface area contributed by atoms with Gasteiger partial charge in [-0.3, -0.25) is 14.9 Å². The third-order valence-electron chi connectivity index (χ3n) is 4.31. The first-order valence-corrected chi connectivity index (χ1v) is 8.40. The van der Waals surface area contributed by atoms with Crippen LogP contribution in [0.4, 0.5) is 5.69 Å². The lowest BCUT2D eigenvalue weighted by Crippen LogP contribution is -2.29. The Kier molecular flexibility index (Phi) is 5.91. The lowest BCUT2D eigenvalue weighted by molar-refractivity contribution is -0.384. The van der Waals surface area contributed by atoms with E-state index in [0.29, 0.717) is 11.5 Å². The standard InChI is InChI=1S/C20H24N2O3/c1-14(2)12-16-8-10-17(11-9-16)20(23)21(4)15(3)18-6-5-7-19(13-18)22(24)25/h5-11,13-15H,12H2,1-4H3/t15-/m1/s1. The van der Waals surface area contributed by atoms with Crippen LogP contribution in [0.2, 0.25) is 0 Å². The fourth-order valence-electron chi connectivity index (χ4n) is 2.76. The lowest BCUT2D eigenvalue weighted by atomic mass is 10.0. The maximum absolute atomic E-state index is 12.7. The second kappa shape index (κ2) is 7.92. The Hall–Kier alpha value is -2.69. The normalized spacial score (nSPS) is 12.0. The van der Waals surface area contributed by atoms with Gasteiger partial charge >= 0.3 is 0 Å². The molecule has 2 aromatic carbocycles. The van der Waals surface area contributed by atoms with Crippen LogP contribution in [0.1, 0.15) is 48.3 Å². The number of carbonyl (C=O) groups excluding carboxylic acids is 1. The molecule has 0 saturated carbocycles. The van der Waals surface area contributed by atoms with Crippen molar-refractivity contribution in [2.45, 2.75) is 33.2 Å². The molecule has 0 spiro atoms. The van der Waals surface area contributed by atoms with Gasteiger partial charge < -0.3 is 4.90 Å².